The summed E-state index contributed by atoms with van der Waals surface area (Å²) < 4.78 is 13.7. The van der Waals surface area contributed by atoms with E-state index in [1.165, 1.54) is 23.3 Å². The number of hydrogen-bond acceptors (Lipinski definition) is 5. The number of nitrogens with zero attached hydrogens (tertiary/aromatic N) is 3. The molecule has 0 amide bonds. The minimum atomic E-state index is -0.359. The molecule has 6 heteroatoms. The first-order valence-corrected chi connectivity index (χ1v) is 11.6. The lowest BCUT2D eigenvalue weighted by Crippen LogP contribution is -2.47. The first-order chi connectivity index (χ1) is 15.9. The smallest absolute Gasteiger partial charge is 0.164 e. The Hall–Kier alpha value is -3.25. The third-order valence-electron chi connectivity index (χ3n) is 6.40. The monoisotopic (exact) mass is 446 g/mol. The molecule has 2 N–H and O–H groups in total. The summed E-state index contributed by atoms with van der Waals surface area (Å²) in [5.74, 6) is 0.154. The Balaban J connectivity index is 1.35. The van der Waals surface area contributed by atoms with Gasteiger partial charge in [-0.25, -0.2) is 9.37 Å². The van der Waals surface area contributed by atoms with Crippen molar-refractivity contribution in [3.63, 3.8) is 0 Å². The Kier molecular flexibility index (Phi) is 7.04. The van der Waals surface area contributed by atoms with E-state index in [-0.39, 0.29) is 11.6 Å². The zero-order valence-electron chi connectivity index (χ0n) is 19.4. The summed E-state index contributed by atoms with van der Waals surface area (Å²) in [7, 11) is 0. The minimum Gasteiger partial charge on any atom is -0.384 e. The summed E-state index contributed by atoms with van der Waals surface area (Å²) in [5.41, 5.74) is 11.7. The molecule has 0 saturated carbocycles. The normalized spacial score (nSPS) is 14.5. The number of rotatable bonds is 7. The molecule has 1 aliphatic heterocycles. The van der Waals surface area contributed by atoms with E-state index in [1.54, 1.807) is 12.1 Å². The van der Waals surface area contributed by atoms with Crippen LogP contribution >= 0.6 is 0 Å². The summed E-state index contributed by atoms with van der Waals surface area (Å²) in [6.07, 6.45) is 1.36. The van der Waals surface area contributed by atoms with Crippen LogP contribution in [0.4, 0.5) is 15.9 Å². The molecule has 0 aliphatic carbocycles. The first-order valence-electron chi connectivity index (χ1n) is 11.6. The molecule has 1 saturated heterocycles. The summed E-state index contributed by atoms with van der Waals surface area (Å²) in [5, 5.41) is 0. The van der Waals surface area contributed by atoms with Gasteiger partial charge in [0.25, 0.3) is 0 Å². The number of carbonyl (C=O) groups excluding carboxylic acids is 1. The predicted octanol–water partition coefficient (Wildman–Crippen LogP) is 4.74. The topological polar surface area (TPSA) is 62.5 Å². The number of nitrogens with two attached hydrogens (primary N) is 1. The molecule has 0 atom stereocenters. The maximum Gasteiger partial charge on any atom is 0.164 e. The molecule has 1 fully saturated rings. The van der Waals surface area contributed by atoms with Gasteiger partial charge in [-0.15, -0.1) is 0 Å². The molecule has 0 spiro atoms. The number of halogens is 1. The van der Waals surface area contributed by atoms with E-state index < -0.39 is 0 Å². The molecule has 1 aromatic heterocycles. The number of aryl methyl sites for hydroxylation is 1. The fourth-order valence-corrected chi connectivity index (χ4v) is 4.44. The van der Waals surface area contributed by atoms with Gasteiger partial charge in [0.15, 0.2) is 5.78 Å². The second-order valence-electron chi connectivity index (χ2n) is 8.61. The number of hydrogen-bond donors (Lipinski definition) is 1. The van der Waals surface area contributed by atoms with Crippen LogP contribution in [-0.4, -0.2) is 48.4 Å². The zero-order chi connectivity index (χ0) is 23.4. The van der Waals surface area contributed by atoms with Gasteiger partial charge in [-0.3, -0.25) is 9.69 Å². The van der Waals surface area contributed by atoms with E-state index in [0.717, 1.165) is 56.1 Å². The number of Topliss-reactive ketones (excluding diaryl/α,β-unsaturated/α-hetero) is 1. The SMILES string of the molecule is CCC(=O)c1cc(F)ccc1N1CCN(CCc2ccc(-c3cccc(N)n3)cc2C)CC1. The van der Waals surface area contributed by atoms with Gasteiger partial charge in [-0.05, 0) is 60.9 Å². The van der Waals surface area contributed by atoms with Gasteiger partial charge < -0.3 is 10.6 Å². The van der Waals surface area contributed by atoms with Crippen LogP contribution in [0.1, 0.15) is 34.8 Å². The maximum absolute atomic E-state index is 13.7. The van der Waals surface area contributed by atoms with Crippen LogP contribution in [0.5, 0.6) is 0 Å². The molecule has 0 unspecified atom stereocenters. The van der Waals surface area contributed by atoms with Crippen LogP contribution in [0.15, 0.2) is 54.6 Å². The van der Waals surface area contributed by atoms with E-state index in [1.807, 2.05) is 19.1 Å². The van der Waals surface area contributed by atoms with Gasteiger partial charge in [-0.2, -0.15) is 0 Å². The van der Waals surface area contributed by atoms with Crippen molar-refractivity contribution in [2.45, 2.75) is 26.7 Å². The Labute approximate surface area is 195 Å². The van der Waals surface area contributed by atoms with Gasteiger partial charge in [0.2, 0.25) is 0 Å². The van der Waals surface area contributed by atoms with Crippen molar-refractivity contribution < 1.29 is 9.18 Å². The van der Waals surface area contributed by atoms with Crippen molar-refractivity contribution >= 4 is 17.3 Å². The van der Waals surface area contributed by atoms with E-state index in [9.17, 15) is 9.18 Å². The average Bonchev–Trinajstić information content (AvgIpc) is 2.83. The average molecular weight is 447 g/mol. The number of ketones is 1. The standard InChI is InChI=1S/C27H31FN4O/c1-3-26(33)23-18-22(28)9-10-25(23)32-15-13-31(14-16-32)12-11-20-7-8-21(17-19(20)2)24-5-4-6-27(29)30-24/h4-10,17-18H,3,11-16H2,1-2H3,(H2,29,30). The first kappa shape index (κ1) is 22.9. The molecule has 4 rings (SSSR count). The molecule has 1 aliphatic rings. The molecule has 172 valence electrons. The fraction of sp³-hybridized carbons (Fsp3) is 0.333. The molecular formula is C27H31FN4O. The fourth-order valence-electron chi connectivity index (χ4n) is 4.44. The van der Waals surface area contributed by atoms with Gasteiger partial charge in [0.05, 0.1) is 5.69 Å². The van der Waals surface area contributed by atoms with Crippen LogP contribution in [0, 0.1) is 12.7 Å². The Morgan fingerprint density at radius 3 is 2.55 bits per heavy atom. The number of anilines is 2. The summed E-state index contributed by atoms with van der Waals surface area (Å²) in [6.45, 7) is 8.43. The molecule has 0 radical (unpaired) electrons. The van der Waals surface area contributed by atoms with E-state index in [4.69, 9.17) is 5.73 Å². The van der Waals surface area contributed by atoms with Gasteiger partial charge >= 0.3 is 0 Å². The number of aromatic nitrogens is 1. The van der Waals surface area contributed by atoms with E-state index >= 15 is 0 Å². The summed E-state index contributed by atoms with van der Waals surface area (Å²) in [4.78, 5) is 21.4. The third-order valence-corrected chi connectivity index (χ3v) is 6.40. The van der Waals surface area contributed by atoms with Gasteiger partial charge in [0.1, 0.15) is 11.6 Å². The number of nitrogen functional groups attached to an aromatic ring is 1. The van der Waals surface area contributed by atoms with Gasteiger partial charge in [-0.1, -0.05) is 25.1 Å². The lowest BCUT2D eigenvalue weighted by atomic mass is 10.0. The molecule has 5 nitrogen and oxygen atoms in total. The molecular weight excluding hydrogens is 415 g/mol. The summed E-state index contributed by atoms with van der Waals surface area (Å²) >= 11 is 0. The van der Waals surface area contributed by atoms with Crippen molar-refractivity contribution in [3.8, 4) is 11.3 Å². The molecule has 0 bridgehead atoms. The van der Waals surface area contributed by atoms with Gasteiger partial charge in [0, 0.05) is 56.0 Å². The zero-order valence-corrected chi connectivity index (χ0v) is 19.4. The van der Waals surface area contributed by atoms with Crippen LogP contribution < -0.4 is 10.6 Å². The van der Waals surface area contributed by atoms with E-state index in [0.29, 0.717) is 17.8 Å². The molecule has 2 heterocycles. The van der Waals surface area contributed by atoms with Crippen LogP contribution in [-0.2, 0) is 6.42 Å². The Morgan fingerprint density at radius 2 is 1.85 bits per heavy atom. The summed E-state index contributed by atoms with van der Waals surface area (Å²) in [6, 6.07) is 16.7. The van der Waals surface area contributed by atoms with Crippen LogP contribution in [0.2, 0.25) is 0 Å². The van der Waals surface area contributed by atoms with Crippen LogP contribution in [0.25, 0.3) is 11.3 Å². The highest BCUT2D eigenvalue weighted by Crippen LogP contribution is 2.25. The number of piperazine rings is 1. The van der Waals surface area contributed by atoms with Crippen molar-refractivity contribution in [2.24, 2.45) is 0 Å². The second-order valence-corrected chi connectivity index (χ2v) is 8.61. The lowest BCUT2D eigenvalue weighted by molar-refractivity contribution is 0.0988. The van der Waals surface area contributed by atoms with Crippen molar-refractivity contribution in [3.05, 3.63) is 77.1 Å². The number of carbonyl (C=O) groups is 1. The lowest BCUT2D eigenvalue weighted by Gasteiger charge is -2.37. The second kappa shape index (κ2) is 10.1. The number of pyridine rings is 1. The maximum atomic E-state index is 13.7. The number of benzene rings is 2. The van der Waals surface area contributed by atoms with Crippen molar-refractivity contribution in [1.82, 2.24) is 9.88 Å². The third kappa shape index (κ3) is 5.40. The van der Waals surface area contributed by atoms with Crippen molar-refractivity contribution in [1.29, 1.82) is 0 Å². The quantitative estimate of drug-likeness (QED) is 0.532. The molecule has 2 aromatic carbocycles. The molecule has 3 aromatic rings. The molecule has 33 heavy (non-hydrogen) atoms. The highest BCUT2D eigenvalue weighted by atomic mass is 19.1. The van der Waals surface area contributed by atoms with E-state index in [2.05, 4.69) is 39.9 Å². The van der Waals surface area contributed by atoms with Crippen LogP contribution in [0.3, 0.4) is 0 Å². The largest absolute Gasteiger partial charge is 0.384 e. The Bertz CT molecular complexity index is 1140. The Morgan fingerprint density at radius 1 is 1.06 bits per heavy atom. The minimum absolute atomic E-state index is 0.0146. The van der Waals surface area contributed by atoms with Crippen molar-refractivity contribution in [2.75, 3.05) is 43.4 Å². The highest BCUT2D eigenvalue weighted by Gasteiger charge is 2.21. The highest BCUT2D eigenvalue weighted by molar-refractivity contribution is 6.01. The predicted molar refractivity (Wildman–Crippen MR) is 132 cm³/mol.